The molecular weight excluding hydrogens is 236 g/mol. The number of ether oxygens (including phenoxy) is 1. The number of carbonyl (C=O) groups is 1. The molecule has 0 fully saturated rings. The van der Waals surface area contributed by atoms with Crippen molar-refractivity contribution in [1.82, 2.24) is 0 Å². The molecular formula is C13H18O5. The Balaban J connectivity index is 3.20. The highest BCUT2D eigenvalue weighted by atomic mass is 16.5. The van der Waals surface area contributed by atoms with E-state index in [1.165, 1.54) is 13.2 Å². The number of carboxylic acid groups (broad SMARTS) is 1. The molecule has 5 nitrogen and oxygen atoms in total. The second-order valence-electron chi connectivity index (χ2n) is 4.07. The molecule has 1 rings (SSSR count). The Morgan fingerprint density at radius 2 is 1.94 bits per heavy atom. The van der Waals surface area contributed by atoms with Crippen LogP contribution in [0.25, 0.3) is 0 Å². The lowest BCUT2D eigenvalue weighted by molar-refractivity contribution is 0.0691. The Hall–Kier alpha value is -1.91. The maximum Gasteiger partial charge on any atom is 0.339 e. The summed E-state index contributed by atoms with van der Waals surface area (Å²) in [5, 5.41) is 28.4. The van der Waals surface area contributed by atoms with Crippen molar-refractivity contribution in [2.24, 2.45) is 0 Å². The first kappa shape index (κ1) is 14.2. The molecule has 0 spiro atoms. The standard InChI is InChI=1S/C13H18O5/c1-3-4-5-6-8-7-9(18-2)11(14)12(15)10(8)13(16)17/h7,14-15H,3-6H2,1-2H3,(H,16,17). The van der Waals surface area contributed by atoms with E-state index in [2.05, 4.69) is 0 Å². The Kier molecular flexibility index (Phi) is 4.83. The summed E-state index contributed by atoms with van der Waals surface area (Å²) in [6.07, 6.45) is 3.34. The minimum Gasteiger partial charge on any atom is -0.504 e. The van der Waals surface area contributed by atoms with Crippen LogP contribution in [-0.2, 0) is 6.42 Å². The number of aromatic hydroxyl groups is 2. The SMILES string of the molecule is CCCCCc1cc(OC)c(O)c(O)c1C(=O)O. The fraction of sp³-hybridized carbons (Fsp3) is 0.462. The Morgan fingerprint density at radius 1 is 1.28 bits per heavy atom. The van der Waals surface area contributed by atoms with E-state index in [9.17, 15) is 15.0 Å². The fourth-order valence-corrected chi connectivity index (χ4v) is 1.84. The van der Waals surface area contributed by atoms with Crippen LogP contribution in [0.3, 0.4) is 0 Å². The summed E-state index contributed by atoms with van der Waals surface area (Å²) in [7, 11) is 1.35. The molecule has 0 heterocycles. The molecule has 1 aromatic rings. The summed E-state index contributed by atoms with van der Waals surface area (Å²) in [6, 6.07) is 1.47. The lowest BCUT2D eigenvalue weighted by Gasteiger charge is -2.12. The normalized spacial score (nSPS) is 10.3. The average molecular weight is 254 g/mol. The lowest BCUT2D eigenvalue weighted by Crippen LogP contribution is -2.04. The van der Waals surface area contributed by atoms with Gasteiger partial charge in [0.15, 0.2) is 11.5 Å². The van der Waals surface area contributed by atoms with Crippen molar-refractivity contribution in [2.75, 3.05) is 7.11 Å². The van der Waals surface area contributed by atoms with Gasteiger partial charge in [-0.15, -0.1) is 0 Å². The van der Waals surface area contributed by atoms with Crippen LogP contribution >= 0.6 is 0 Å². The molecule has 0 aliphatic heterocycles. The third-order valence-electron chi connectivity index (χ3n) is 2.80. The zero-order chi connectivity index (χ0) is 13.7. The first-order chi connectivity index (χ1) is 8.52. The monoisotopic (exact) mass is 254 g/mol. The quantitative estimate of drug-likeness (QED) is 0.536. The molecule has 0 aliphatic rings. The van der Waals surface area contributed by atoms with Crippen LogP contribution in [-0.4, -0.2) is 28.4 Å². The molecule has 100 valence electrons. The van der Waals surface area contributed by atoms with E-state index in [-0.39, 0.29) is 11.3 Å². The van der Waals surface area contributed by atoms with Gasteiger partial charge in [-0.05, 0) is 24.5 Å². The van der Waals surface area contributed by atoms with Gasteiger partial charge in [0.05, 0.1) is 7.11 Å². The van der Waals surface area contributed by atoms with E-state index >= 15 is 0 Å². The summed E-state index contributed by atoms with van der Waals surface area (Å²) in [6.45, 7) is 2.05. The van der Waals surface area contributed by atoms with Gasteiger partial charge in [0.25, 0.3) is 0 Å². The molecule has 18 heavy (non-hydrogen) atoms. The number of carboxylic acids is 1. The molecule has 0 saturated carbocycles. The lowest BCUT2D eigenvalue weighted by atomic mass is 9.99. The van der Waals surface area contributed by atoms with Gasteiger partial charge < -0.3 is 20.1 Å². The van der Waals surface area contributed by atoms with Gasteiger partial charge in [-0.3, -0.25) is 0 Å². The van der Waals surface area contributed by atoms with Gasteiger partial charge in [-0.1, -0.05) is 19.8 Å². The minimum atomic E-state index is -1.25. The Morgan fingerprint density at radius 3 is 2.44 bits per heavy atom. The molecule has 0 atom stereocenters. The van der Waals surface area contributed by atoms with Crippen molar-refractivity contribution in [2.45, 2.75) is 32.6 Å². The molecule has 0 radical (unpaired) electrons. The Labute approximate surface area is 106 Å². The van der Waals surface area contributed by atoms with Crippen LogP contribution in [0, 0.1) is 0 Å². The number of hydrogen-bond acceptors (Lipinski definition) is 4. The topological polar surface area (TPSA) is 87.0 Å². The van der Waals surface area contributed by atoms with Gasteiger partial charge in [0.2, 0.25) is 5.75 Å². The first-order valence-electron chi connectivity index (χ1n) is 5.88. The van der Waals surface area contributed by atoms with E-state index in [1.807, 2.05) is 6.92 Å². The average Bonchev–Trinajstić information content (AvgIpc) is 2.33. The van der Waals surface area contributed by atoms with E-state index in [0.29, 0.717) is 12.0 Å². The number of hydrogen-bond donors (Lipinski definition) is 3. The molecule has 0 aliphatic carbocycles. The largest absolute Gasteiger partial charge is 0.504 e. The van der Waals surface area contributed by atoms with Crippen molar-refractivity contribution < 1.29 is 24.9 Å². The molecule has 1 aromatic carbocycles. The van der Waals surface area contributed by atoms with Crippen LogP contribution in [0.5, 0.6) is 17.2 Å². The molecule has 0 bridgehead atoms. The number of aromatic carboxylic acids is 1. The minimum absolute atomic E-state index is 0.0870. The van der Waals surface area contributed by atoms with Crippen molar-refractivity contribution in [3.05, 3.63) is 17.2 Å². The number of unbranched alkanes of at least 4 members (excludes halogenated alkanes) is 2. The molecule has 0 saturated heterocycles. The van der Waals surface area contributed by atoms with Crippen LogP contribution in [0.15, 0.2) is 6.07 Å². The Bertz CT molecular complexity index is 439. The van der Waals surface area contributed by atoms with Crippen LogP contribution < -0.4 is 4.74 Å². The maximum absolute atomic E-state index is 11.1. The molecule has 0 unspecified atom stereocenters. The van der Waals surface area contributed by atoms with Crippen LogP contribution in [0.4, 0.5) is 0 Å². The summed E-state index contributed by atoms with van der Waals surface area (Å²) in [4.78, 5) is 11.1. The zero-order valence-corrected chi connectivity index (χ0v) is 10.6. The van der Waals surface area contributed by atoms with Crippen molar-refractivity contribution in [3.63, 3.8) is 0 Å². The van der Waals surface area contributed by atoms with Crippen LogP contribution in [0.1, 0.15) is 42.1 Å². The summed E-state index contributed by atoms with van der Waals surface area (Å²) >= 11 is 0. The van der Waals surface area contributed by atoms with E-state index in [4.69, 9.17) is 9.84 Å². The third-order valence-corrected chi connectivity index (χ3v) is 2.80. The number of rotatable bonds is 6. The second-order valence-corrected chi connectivity index (χ2v) is 4.07. The number of phenolic OH excluding ortho intramolecular Hbond substituents is 1. The molecule has 0 amide bonds. The van der Waals surface area contributed by atoms with E-state index in [1.54, 1.807) is 0 Å². The van der Waals surface area contributed by atoms with E-state index in [0.717, 1.165) is 19.3 Å². The van der Waals surface area contributed by atoms with Gasteiger partial charge in [0.1, 0.15) is 5.56 Å². The van der Waals surface area contributed by atoms with Crippen molar-refractivity contribution >= 4 is 5.97 Å². The molecule has 5 heteroatoms. The van der Waals surface area contributed by atoms with E-state index < -0.39 is 17.5 Å². The zero-order valence-electron chi connectivity index (χ0n) is 10.6. The van der Waals surface area contributed by atoms with Crippen LogP contribution in [0.2, 0.25) is 0 Å². The maximum atomic E-state index is 11.1. The molecule has 3 N–H and O–H groups in total. The smallest absolute Gasteiger partial charge is 0.339 e. The third kappa shape index (κ3) is 2.85. The number of benzene rings is 1. The molecule has 0 aromatic heterocycles. The number of aryl methyl sites for hydroxylation is 1. The first-order valence-corrected chi connectivity index (χ1v) is 5.88. The van der Waals surface area contributed by atoms with Gasteiger partial charge in [-0.2, -0.15) is 0 Å². The summed E-state index contributed by atoms with van der Waals surface area (Å²) < 4.78 is 4.90. The highest BCUT2D eigenvalue weighted by Gasteiger charge is 2.22. The fourth-order valence-electron chi connectivity index (χ4n) is 1.84. The van der Waals surface area contributed by atoms with Crippen molar-refractivity contribution in [1.29, 1.82) is 0 Å². The highest BCUT2D eigenvalue weighted by Crippen LogP contribution is 2.40. The highest BCUT2D eigenvalue weighted by molar-refractivity contribution is 5.94. The summed E-state index contributed by atoms with van der Waals surface area (Å²) in [5.41, 5.74) is 0.229. The predicted molar refractivity (Wildman–Crippen MR) is 66.5 cm³/mol. The van der Waals surface area contributed by atoms with Crippen molar-refractivity contribution in [3.8, 4) is 17.2 Å². The predicted octanol–water partition coefficient (Wildman–Crippen LogP) is 2.54. The number of phenols is 2. The number of methoxy groups -OCH3 is 1. The van der Waals surface area contributed by atoms with Gasteiger partial charge in [-0.25, -0.2) is 4.79 Å². The van der Waals surface area contributed by atoms with Gasteiger partial charge >= 0.3 is 5.97 Å². The van der Waals surface area contributed by atoms with Gasteiger partial charge in [0, 0.05) is 0 Å². The second kappa shape index (κ2) is 6.14. The summed E-state index contributed by atoms with van der Waals surface area (Å²) in [5.74, 6) is -2.33.